The van der Waals surface area contributed by atoms with Gasteiger partial charge in [-0.2, -0.15) is 13.2 Å². The monoisotopic (exact) mass is 469 g/mol. The van der Waals surface area contributed by atoms with Gasteiger partial charge in [0.25, 0.3) is 0 Å². The van der Waals surface area contributed by atoms with Gasteiger partial charge in [0.1, 0.15) is 22.7 Å². The lowest BCUT2D eigenvalue weighted by molar-refractivity contribution is -0.173. The SMILES string of the molecule is CC(=N)N1C(=N)C(CNC(=O)C(F)(F)F)N=C(c2ccc(Cl)cc2)c2c1sc(C)c2C. The Morgan fingerprint density at radius 2 is 1.90 bits per heavy atom. The van der Waals surface area contributed by atoms with Gasteiger partial charge in [-0.3, -0.25) is 25.5 Å². The van der Waals surface area contributed by atoms with E-state index in [0.717, 1.165) is 10.4 Å². The Hall–Kier alpha value is -2.72. The number of nitrogens with one attached hydrogen (secondary N) is 3. The number of hydrogen-bond acceptors (Lipinski definition) is 5. The highest BCUT2D eigenvalue weighted by Gasteiger charge is 2.40. The maximum absolute atomic E-state index is 12.7. The Kier molecular flexibility index (Phi) is 6.24. The van der Waals surface area contributed by atoms with Gasteiger partial charge in [0.2, 0.25) is 0 Å². The van der Waals surface area contributed by atoms with Gasteiger partial charge in [-0.15, -0.1) is 11.3 Å². The predicted molar refractivity (Wildman–Crippen MR) is 117 cm³/mol. The summed E-state index contributed by atoms with van der Waals surface area (Å²) in [5.41, 5.74) is 2.72. The molecule has 3 N–H and O–H groups in total. The number of amidine groups is 2. The van der Waals surface area contributed by atoms with Gasteiger partial charge in [0, 0.05) is 27.6 Å². The first-order valence-electron chi connectivity index (χ1n) is 9.14. The lowest BCUT2D eigenvalue weighted by atomic mass is 10.00. The molecule has 1 aliphatic heterocycles. The van der Waals surface area contributed by atoms with Crippen LogP contribution in [0.2, 0.25) is 5.02 Å². The normalized spacial score (nSPS) is 16.5. The maximum Gasteiger partial charge on any atom is 0.471 e. The summed E-state index contributed by atoms with van der Waals surface area (Å²) in [7, 11) is 0. The van der Waals surface area contributed by atoms with E-state index in [1.54, 1.807) is 24.3 Å². The molecule has 1 aliphatic rings. The second-order valence-electron chi connectivity index (χ2n) is 6.98. The fourth-order valence-corrected chi connectivity index (χ4v) is 4.53. The summed E-state index contributed by atoms with van der Waals surface area (Å²) in [5.74, 6) is -2.28. The number of carbonyl (C=O) groups excluding carboxylic acids is 1. The molecular weight excluding hydrogens is 451 g/mol. The molecule has 164 valence electrons. The largest absolute Gasteiger partial charge is 0.471 e. The van der Waals surface area contributed by atoms with Crippen molar-refractivity contribution in [3.63, 3.8) is 0 Å². The summed E-state index contributed by atoms with van der Waals surface area (Å²) in [4.78, 5) is 18.3. The molecule has 11 heteroatoms. The molecule has 31 heavy (non-hydrogen) atoms. The van der Waals surface area contributed by atoms with Crippen LogP contribution in [-0.2, 0) is 4.79 Å². The van der Waals surface area contributed by atoms with Gasteiger partial charge in [0.05, 0.1) is 5.71 Å². The highest BCUT2D eigenvalue weighted by molar-refractivity contribution is 7.17. The number of aryl methyl sites for hydroxylation is 1. The topological polar surface area (TPSA) is 92.4 Å². The van der Waals surface area contributed by atoms with Gasteiger partial charge in [0.15, 0.2) is 0 Å². The third-order valence-corrected chi connectivity index (χ3v) is 6.26. The van der Waals surface area contributed by atoms with Crippen molar-refractivity contribution < 1.29 is 18.0 Å². The molecule has 1 unspecified atom stereocenters. The minimum Gasteiger partial charge on any atom is -0.346 e. The fraction of sp³-hybridized carbons (Fsp3) is 0.300. The number of halogens is 4. The van der Waals surface area contributed by atoms with E-state index in [2.05, 4.69) is 4.99 Å². The number of nitrogens with zero attached hydrogens (tertiary/aromatic N) is 2. The number of hydrogen-bond donors (Lipinski definition) is 3. The molecule has 0 fully saturated rings. The molecule has 1 aromatic carbocycles. The molecular formula is C20H19ClF3N5OS. The van der Waals surface area contributed by atoms with Crippen molar-refractivity contribution in [3.05, 3.63) is 50.9 Å². The third-order valence-electron chi connectivity index (χ3n) is 4.81. The van der Waals surface area contributed by atoms with Crippen LogP contribution in [0.4, 0.5) is 18.2 Å². The number of benzene rings is 1. The number of rotatable bonds is 3. The second-order valence-corrected chi connectivity index (χ2v) is 8.62. The zero-order valence-electron chi connectivity index (χ0n) is 16.8. The molecule has 1 atom stereocenters. The summed E-state index contributed by atoms with van der Waals surface area (Å²) in [6, 6.07) is 5.68. The van der Waals surface area contributed by atoms with E-state index < -0.39 is 24.7 Å². The quantitative estimate of drug-likeness (QED) is 0.449. The van der Waals surface area contributed by atoms with Crippen molar-refractivity contribution in [2.45, 2.75) is 33.0 Å². The van der Waals surface area contributed by atoms with E-state index in [0.29, 0.717) is 26.9 Å². The van der Waals surface area contributed by atoms with E-state index in [4.69, 9.17) is 22.4 Å². The molecule has 3 rings (SSSR count). The lowest BCUT2D eigenvalue weighted by Crippen LogP contribution is -2.47. The van der Waals surface area contributed by atoms with Gasteiger partial charge >= 0.3 is 12.1 Å². The van der Waals surface area contributed by atoms with Crippen LogP contribution >= 0.6 is 22.9 Å². The standard InChI is InChI=1S/C20H19ClF3N5OS/c1-9-10(2)31-18-15(9)16(12-4-6-13(21)7-5-12)28-14(17(26)29(18)11(3)25)8-27-19(30)20(22,23)24/h4-7,14,25-26H,8H2,1-3H3,(H,27,30). The summed E-state index contributed by atoms with van der Waals surface area (Å²) < 4.78 is 38.0. The summed E-state index contributed by atoms with van der Waals surface area (Å²) in [6.45, 7) is 4.76. The van der Waals surface area contributed by atoms with Crippen molar-refractivity contribution in [3.8, 4) is 0 Å². The predicted octanol–water partition coefficient (Wildman–Crippen LogP) is 4.70. The van der Waals surface area contributed by atoms with Crippen LogP contribution in [0.15, 0.2) is 29.3 Å². The van der Waals surface area contributed by atoms with Crippen LogP contribution in [0.25, 0.3) is 0 Å². The minimum atomic E-state index is -5.04. The van der Waals surface area contributed by atoms with Crippen molar-refractivity contribution in [1.82, 2.24) is 5.32 Å². The van der Waals surface area contributed by atoms with Crippen molar-refractivity contribution in [2.24, 2.45) is 4.99 Å². The molecule has 2 heterocycles. The third kappa shape index (κ3) is 4.49. The Bertz CT molecular complexity index is 1090. The molecule has 0 saturated heterocycles. The zero-order chi connectivity index (χ0) is 23.1. The lowest BCUT2D eigenvalue weighted by Gasteiger charge is -2.25. The zero-order valence-corrected chi connectivity index (χ0v) is 18.4. The minimum absolute atomic E-state index is 0.0206. The first-order chi connectivity index (χ1) is 14.4. The molecule has 1 amide bonds. The van der Waals surface area contributed by atoms with E-state index in [1.165, 1.54) is 23.2 Å². The Morgan fingerprint density at radius 3 is 2.45 bits per heavy atom. The first-order valence-corrected chi connectivity index (χ1v) is 10.3. The van der Waals surface area contributed by atoms with Crippen LogP contribution in [0.5, 0.6) is 0 Å². The molecule has 0 radical (unpaired) electrons. The first kappa shape index (κ1) is 23.0. The average molecular weight is 470 g/mol. The van der Waals surface area contributed by atoms with Crippen LogP contribution in [0.3, 0.4) is 0 Å². The number of thiophene rings is 1. The van der Waals surface area contributed by atoms with Crippen LogP contribution in [0.1, 0.15) is 28.5 Å². The molecule has 2 aromatic rings. The van der Waals surface area contributed by atoms with E-state index in [-0.39, 0.29) is 11.7 Å². The van der Waals surface area contributed by atoms with Gasteiger partial charge in [-0.05, 0) is 38.5 Å². The number of amides is 1. The Balaban J connectivity index is 2.17. The highest BCUT2D eigenvalue weighted by atomic mass is 35.5. The number of carbonyl (C=O) groups is 1. The molecule has 0 spiro atoms. The van der Waals surface area contributed by atoms with Crippen LogP contribution in [0, 0.1) is 24.7 Å². The Labute approximate surface area is 185 Å². The number of aliphatic imine (C=N–C) groups is 1. The van der Waals surface area contributed by atoms with Gasteiger partial charge in [-0.25, -0.2) is 0 Å². The maximum atomic E-state index is 12.7. The van der Waals surface area contributed by atoms with E-state index in [1.807, 2.05) is 19.2 Å². The summed E-state index contributed by atoms with van der Waals surface area (Å²) in [5, 5.41) is 19.7. The Morgan fingerprint density at radius 1 is 1.29 bits per heavy atom. The average Bonchev–Trinajstić information content (AvgIpc) is 2.88. The fourth-order valence-electron chi connectivity index (χ4n) is 3.18. The van der Waals surface area contributed by atoms with E-state index >= 15 is 0 Å². The molecule has 0 bridgehead atoms. The van der Waals surface area contributed by atoms with E-state index in [9.17, 15) is 18.0 Å². The summed E-state index contributed by atoms with van der Waals surface area (Å²) >= 11 is 7.37. The number of alkyl halides is 3. The van der Waals surface area contributed by atoms with Crippen molar-refractivity contribution >= 4 is 51.2 Å². The highest BCUT2D eigenvalue weighted by Crippen LogP contribution is 2.39. The van der Waals surface area contributed by atoms with Crippen molar-refractivity contribution in [1.29, 1.82) is 10.8 Å². The van der Waals surface area contributed by atoms with Crippen molar-refractivity contribution in [2.75, 3.05) is 11.4 Å². The van der Waals surface area contributed by atoms with Crippen LogP contribution in [-0.4, -0.2) is 42.1 Å². The molecule has 0 aliphatic carbocycles. The van der Waals surface area contributed by atoms with Gasteiger partial charge in [-0.1, -0.05) is 23.7 Å². The summed E-state index contributed by atoms with van der Waals surface area (Å²) in [6.07, 6.45) is -5.04. The smallest absolute Gasteiger partial charge is 0.346 e. The second kappa shape index (κ2) is 8.43. The molecule has 0 saturated carbocycles. The number of fused-ring (bicyclic) bond motifs is 1. The van der Waals surface area contributed by atoms with Crippen LogP contribution < -0.4 is 10.2 Å². The van der Waals surface area contributed by atoms with Gasteiger partial charge < -0.3 is 5.32 Å². The molecule has 6 nitrogen and oxygen atoms in total. The number of anilines is 1. The molecule has 1 aromatic heterocycles.